The zero-order chi connectivity index (χ0) is 10.7. The molecule has 84 valence electrons. The summed E-state index contributed by atoms with van der Waals surface area (Å²) < 4.78 is 0. The van der Waals surface area contributed by atoms with Crippen molar-refractivity contribution >= 4 is 0 Å². The first-order chi connectivity index (χ1) is 6.50. The van der Waals surface area contributed by atoms with Gasteiger partial charge in [0.1, 0.15) is 0 Å². The predicted octanol–water partition coefficient (Wildman–Crippen LogP) is 2.10. The first kappa shape index (κ1) is 12.0. The van der Waals surface area contributed by atoms with Crippen LogP contribution in [-0.4, -0.2) is 36.1 Å². The van der Waals surface area contributed by atoms with E-state index in [2.05, 4.69) is 44.8 Å². The standard InChI is InChI=1S/C12H26N2/c1-9(2)13-12-6-7-14(10(3)4)8-11(12)5/h9-13H,6-8H2,1-5H3/t11-,12?/m1/s1. The molecule has 0 aromatic rings. The van der Waals surface area contributed by atoms with E-state index in [1.165, 1.54) is 19.5 Å². The van der Waals surface area contributed by atoms with Crippen molar-refractivity contribution < 1.29 is 0 Å². The van der Waals surface area contributed by atoms with E-state index in [1.54, 1.807) is 0 Å². The minimum atomic E-state index is 0.619. The van der Waals surface area contributed by atoms with Gasteiger partial charge >= 0.3 is 0 Å². The van der Waals surface area contributed by atoms with Gasteiger partial charge in [0.2, 0.25) is 0 Å². The quantitative estimate of drug-likeness (QED) is 0.747. The molecule has 1 heterocycles. The number of piperidine rings is 1. The monoisotopic (exact) mass is 198 g/mol. The number of nitrogens with zero attached hydrogens (tertiary/aromatic N) is 1. The van der Waals surface area contributed by atoms with Crippen molar-refractivity contribution in [1.29, 1.82) is 0 Å². The largest absolute Gasteiger partial charge is 0.311 e. The van der Waals surface area contributed by atoms with Crippen LogP contribution in [0.3, 0.4) is 0 Å². The molecule has 1 rings (SSSR count). The molecule has 1 aliphatic rings. The SMILES string of the molecule is CC(C)NC1CCN(C(C)C)C[C@H]1C. The van der Waals surface area contributed by atoms with Crippen LogP contribution in [0.15, 0.2) is 0 Å². The molecule has 1 saturated heterocycles. The molecule has 0 saturated carbocycles. The Morgan fingerprint density at radius 3 is 2.29 bits per heavy atom. The molecule has 14 heavy (non-hydrogen) atoms. The molecule has 1 unspecified atom stereocenters. The lowest BCUT2D eigenvalue weighted by atomic mass is 9.92. The van der Waals surface area contributed by atoms with Crippen LogP contribution in [0.25, 0.3) is 0 Å². The summed E-state index contributed by atoms with van der Waals surface area (Å²) in [6.45, 7) is 13.9. The lowest BCUT2D eigenvalue weighted by Gasteiger charge is -2.40. The third-order valence-corrected chi connectivity index (χ3v) is 3.21. The highest BCUT2D eigenvalue weighted by atomic mass is 15.2. The summed E-state index contributed by atoms with van der Waals surface area (Å²) in [5, 5.41) is 3.66. The van der Waals surface area contributed by atoms with E-state index < -0.39 is 0 Å². The Morgan fingerprint density at radius 2 is 1.86 bits per heavy atom. The van der Waals surface area contributed by atoms with Crippen LogP contribution in [0, 0.1) is 5.92 Å². The first-order valence-electron chi connectivity index (χ1n) is 6.00. The molecule has 0 aromatic heterocycles. The zero-order valence-electron chi connectivity index (χ0n) is 10.4. The Balaban J connectivity index is 2.39. The van der Waals surface area contributed by atoms with E-state index in [1.807, 2.05) is 0 Å². The van der Waals surface area contributed by atoms with Gasteiger partial charge in [-0.3, -0.25) is 0 Å². The highest BCUT2D eigenvalue weighted by Gasteiger charge is 2.26. The van der Waals surface area contributed by atoms with E-state index in [9.17, 15) is 0 Å². The second-order valence-corrected chi connectivity index (χ2v) is 5.28. The van der Waals surface area contributed by atoms with Crippen molar-refractivity contribution in [2.45, 2.75) is 59.2 Å². The average molecular weight is 198 g/mol. The number of rotatable bonds is 3. The Morgan fingerprint density at radius 1 is 1.21 bits per heavy atom. The smallest absolute Gasteiger partial charge is 0.0119 e. The Labute approximate surface area is 89.1 Å². The Hall–Kier alpha value is -0.0800. The molecule has 1 N–H and O–H groups in total. The van der Waals surface area contributed by atoms with E-state index in [0.717, 1.165) is 12.0 Å². The maximum atomic E-state index is 3.66. The Bertz CT molecular complexity index is 166. The average Bonchev–Trinajstić information content (AvgIpc) is 2.07. The van der Waals surface area contributed by atoms with Gasteiger partial charge in [-0.15, -0.1) is 0 Å². The summed E-state index contributed by atoms with van der Waals surface area (Å²) >= 11 is 0. The normalized spacial score (nSPS) is 30.2. The fourth-order valence-electron chi connectivity index (χ4n) is 2.32. The van der Waals surface area contributed by atoms with Crippen LogP contribution in [0.1, 0.15) is 41.0 Å². The highest BCUT2D eigenvalue weighted by Crippen LogP contribution is 2.18. The van der Waals surface area contributed by atoms with Crippen LogP contribution in [0.2, 0.25) is 0 Å². The van der Waals surface area contributed by atoms with Gasteiger partial charge in [-0.1, -0.05) is 20.8 Å². The number of nitrogens with one attached hydrogen (secondary N) is 1. The molecule has 0 bridgehead atoms. The molecule has 0 aliphatic carbocycles. The summed E-state index contributed by atoms with van der Waals surface area (Å²) in [5.74, 6) is 0.786. The van der Waals surface area contributed by atoms with Gasteiger partial charge in [-0.05, 0) is 32.7 Å². The molecule has 0 aromatic carbocycles. The molecule has 1 fully saturated rings. The van der Waals surface area contributed by atoms with Gasteiger partial charge in [0.15, 0.2) is 0 Å². The van der Waals surface area contributed by atoms with E-state index in [0.29, 0.717) is 12.1 Å². The van der Waals surface area contributed by atoms with Crippen LogP contribution in [0.4, 0.5) is 0 Å². The molecule has 0 amide bonds. The lowest BCUT2D eigenvalue weighted by Crippen LogP contribution is -2.51. The maximum Gasteiger partial charge on any atom is 0.0119 e. The van der Waals surface area contributed by atoms with Crippen molar-refractivity contribution in [1.82, 2.24) is 10.2 Å². The second-order valence-electron chi connectivity index (χ2n) is 5.28. The second kappa shape index (κ2) is 5.13. The van der Waals surface area contributed by atoms with E-state index in [-0.39, 0.29) is 0 Å². The van der Waals surface area contributed by atoms with Crippen LogP contribution in [0.5, 0.6) is 0 Å². The molecule has 2 atom stereocenters. The Kier molecular flexibility index (Phi) is 4.39. The van der Waals surface area contributed by atoms with Crippen molar-refractivity contribution in [2.75, 3.05) is 13.1 Å². The van der Waals surface area contributed by atoms with Gasteiger partial charge in [-0.25, -0.2) is 0 Å². The van der Waals surface area contributed by atoms with Gasteiger partial charge in [0.05, 0.1) is 0 Å². The van der Waals surface area contributed by atoms with E-state index in [4.69, 9.17) is 0 Å². The summed E-state index contributed by atoms with van der Waals surface area (Å²) in [4.78, 5) is 2.59. The van der Waals surface area contributed by atoms with Crippen LogP contribution in [-0.2, 0) is 0 Å². The first-order valence-corrected chi connectivity index (χ1v) is 6.00. The minimum absolute atomic E-state index is 0.619. The molecular formula is C12H26N2. The van der Waals surface area contributed by atoms with Crippen LogP contribution < -0.4 is 5.32 Å². The number of hydrogen-bond donors (Lipinski definition) is 1. The molecule has 2 heteroatoms. The van der Waals surface area contributed by atoms with Gasteiger partial charge in [0, 0.05) is 24.7 Å². The van der Waals surface area contributed by atoms with Gasteiger partial charge in [-0.2, -0.15) is 0 Å². The lowest BCUT2D eigenvalue weighted by molar-refractivity contribution is 0.115. The fourth-order valence-corrected chi connectivity index (χ4v) is 2.32. The summed E-state index contributed by atoms with van der Waals surface area (Å²) in [6, 6.07) is 2.05. The van der Waals surface area contributed by atoms with Gasteiger partial charge in [0.25, 0.3) is 0 Å². The topological polar surface area (TPSA) is 15.3 Å². The third-order valence-electron chi connectivity index (χ3n) is 3.21. The summed E-state index contributed by atoms with van der Waals surface area (Å²) in [7, 11) is 0. The predicted molar refractivity (Wildman–Crippen MR) is 62.5 cm³/mol. The van der Waals surface area contributed by atoms with Crippen molar-refractivity contribution in [3.05, 3.63) is 0 Å². The molecule has 2 nitrogen and oxygen atoms in total. The molecule has 0 radical (unpaired) electrons. The van der Waals surface area contributed by atoms with Crippen LogP contribution >= 0.6 is 0 Å². The third kappa shape index (κ3) is 3.25. The molecular weight excluding hydrogens is 172 g/mol. The van der Waals surface area contributed by atoms with Crippen molar-refractivity contribution in [3.8, 4) is 0 Å². The zero-order valence-corrected chi connectivity index (χ0v) is 10.4. The fraction of sp³-hybridized carbons (Fsp3) is 1.00. The highest BCUT2D eigenvalue weighted by molar-refractivity contribution is 4.84. The molecule has 1 aliphatic heterocycles. The van der Waals surface area contributed by atoms with Gasteiger partial charge < -0.3 is 10.2 Å². The van der Waals surface area contributed by atoms with E-state index >= 15 is 0 Å². The minimum Gasteiger partial charge on any atom is -0.311 e. The number of likely N-dealkylation sites (tertiary alicyclic amines) is 1. The summed E-state index contributed by atoms with van der Waals surface area (Å²) in [6.07, 6.45) is 1.30. The van der Waals surface area contributed by atoms with Crippen molar-refractivity contribution in [3.63, 3.8) is 0 Å². The van der Waals surface area contributed by atoms with Crippen molar-refractivity contribution in [2.24, 2.45) is 5.92 Å². The molecule has 0 spiro atoms. The number of hydrogen-bond acceptors (Lipinski definition) is 2. The summed E-state index contributed by atoms with van der Waals surface area (Å²) in [5.41, 5.74) is 0. The maximum absolute atomic E-state index is 3.66.